The first-order valence-electron chi connectivity index (χ1n) is 10.6. The van der Waals surface area contributed by atoms with Crippen LogP contribution in [0.25, 0.3) is 0 Å². The number of amides is 2. The molecule has 2 aromatic rings. The fourth-order valence-electron chi connectivity index (χ4n) is 3.55. The molecule has 172 valence electrons. The van der Waals surface area contributed by atoms with E-state index < -0.39 is 15.9 Å². The van der Waals surface area contributed by atoms with Gasteiger partial charge in [-0.05, 0) is 42.8 Å². The molecule has 32 heavy (non-hydrogen) atoms. The Bertz CT molecular complexity index is 1070. The van der Waals surface area contributed by atoms with Crippen LogP contribution in [0.4, 0.5) is 11.4 Å². The number of anilines is 2. The van der Waals surface area contributed by atoms with Crippen LogP contribution in [-0.2, 0) is 19.6 Å². The smallest absolute Gasteiger partial charge is 0.242 e. The predicted octanol–water partition coefficient (Wildman–Crippen LogP) is 3.11. The van der Waals surface area contributed by atoms with Gasteiger partial charge in [-0.15, -0.1) is 0 Å². The Morgan fingerprint density at radius 1 is 1.22 bits per heavy atom. The zero-order valence-electron chi connectivity index (χ0n) is 18.6. The summed E-state index contributed by atoms with van der Waals surface area (Å²) in [6, 6.07) is 13.2. The first-order valence-corrected chi connectivity index (χ1v) is 12.0. The van der Waals surface area contributed by atoms with Gasteiger partial charge in [0.2, 0.25) is 21.8 Å². The third-order valence-corrected chi connectivity index (χ3v) is 7.39. The van der Waals surface area contributed by atoms with E-state index >= 15 is 0 Å². The first kappa shape index (κ1) is 23.7. The third kappa shape index (κ3) is 5.28. The SMILES string of the molecule is CCCCN(C)S(=O)(=O)c1ccc(NC(=O)C2CC(=O)N(c3cccc(OC)c3)C2)cc1. The largest absolute Gasteiger partial charge is 0.497 e. The fourth-order valence-corrected chi connectivity index (χ4v) is 4.76. The van der Waals surface area contributed by atoms with E-state index in [1.807, 2.05) is 6.92 Å². The molecule has 1 atom stereocenters. The van der Waals surface area contributed by atoms with Crippen molar-refractivity contribution in [3.8, 4) is 5.75 Å². The molecule has 1 aliphatic rings. The quantitative estimate of drug-likeness (QED) is 0.622. The lowest BCUT2D eigenvalue weighted by molar-refractivity contribution is -0.122. The first-order chi connectivity index (χ1) is 15.3. The molecular weight excluding hydrogens is 430 g/mol. The highest BCUT2D eigenvalue weighted by Gasteiger charge is 2.35. The highest BCUT2D eigenvalue weighted by molar-refractivity contribution is 7.89. The van der Waals surface area contributed by atoms with E-state index in [1.165, 1.54) is 16.4 Å². The minimum atomic E-state index is -3.56. The summed E-state index contributed by atoms with van der Waals surface area (Å²) in [5.41, 5.74) is 1.17. The van der Waals surface area contributed by atoms with E-state index in [2.05, 4.69) is 5.32 Å². The summed E-state index contributed by atoms with van der Waals surface area (Å²) in [4.78, 5) is 26.9. The van der Waals surface area contributed by atoms with Crippen LogP contribution in [0.2, 0.25) is 0 Å². The van der Waals surface area contributed by atoms with Gasteiger partial charge in [-0.25, -0.2) is 12.7 Å². The van der Waals surface area contributed by atoms with Crippen molar-refractivity contribution in [3.63, 3.8) is 0 Å². The Morgan fingerprint density at radius 3 is 2.59 bits per heavy atom. The van der Waals surface area contributed by atoms with Crippen LogP contribution in [-0.4, -0.2) is 51.8 Å². The van der Waals surface area contributed by atoms with E-state index in [0.717, 1.165) is 12.8 Å². The molecule has 1 saturated heterocycles. The maximum absolute atomic E-state index is 12.7. The van der Waals surface area contributed by atoms with Crippen molar-refractivity contribution in [2.45, 2.75) is 31.1 Å². The van der Waals surface area contributed by atoms with Crippen molar-refractivity contribution in [1.29, 1.82) is 0 Å². The zero-order valence-corrected chi connectivity index (χ0v) is 19.4. The molecule has 1 unspecified atom stereocenters. The highest BCUT2D eigenvalue weighted by atomic mass is 32.2. The van der Waals surface area contributed by atoms with Crippen LogP contribution in [0, 0.1) is 5.92 Å². The van der Waals surface area contributed by atoms with Crippen LogP contribution in [0.15, 0.2) is 53.4 Å². The van der Waals surface area contributed by atoms with Crippen LogP contribution in [0.5, 0.6) is 5.75 Å². The van der Waals surface area contributed by atoms with Crippen molar-refractivity contribution in [2.75, 3.05) is 37.5 Å². The Hall–Kier alpha value is -2.91. The molecule has 3 rings (SSSR count). The maximum atomic E-state index is 12.7. The monoisotopic (exact) mass is 459 g/mol. The molecule has 0 spiro atoms. The van der Waals surface area contributed by atoms with Crippen molar-refractivity contribution in [2.24, 2.45) is 5.92 Å². The molecule has 2 aromatic carbocycles. The topological polar surface area (TPSA) is 96.0 Å². The molecule has 9 heteroatoms. The van der Waals surface area contributed by atoms with E-state index in [0.29, 0.717) is 23.7 Å². The second-order valence-corrected chi connectivity index (χ2v) is 9.85. The van der Waals surface area contributed by atoms with Crippen molar-refractivity contribution < 1.29 is 22.7 Å². The van der Waals surface area contributed by atoms with Crippen molar-refractivity contribution >= 4 is 33.2 Å². The summed E-state index contributed by atoms with van der Waals surface area (Å²) >= 11 is 0. The van der Waals surface area contributed by atoms with E-state index in [-0.39, 0.29) is 29.7 Å². The summed E-state index contributed by atoms with van der Waals surface area (Å²) in [6.07, 6.45) is 1.80. The summed E-state index contributed by atoms with van der Waals surface area (Å²) in [7, 11) is -0.446. The Labute approximate surface area is 189 Å². The summed E-state index contributed by atoms with van der Waals surface area (Å²) in [5.74, 6) is -0.273. The minimum Gasteiger partial charge on any atom is -0.497 e. The molecule has 2 amide bonds. The number of nitrogens with one attached hydrogen (secondary N) is 1. The van der Waals surface area contributed by atoms with Crippen molar-refractivity contribution in [3.05, 3.63) is 48.5 Å². The molecule has 8 nitrogen and oxygen atoms in total. The molecular formula is C23H29N3O5S. The van der Waals surface area contributed by atoms with Gasteiger partial charge in [0.1, 0.15) is 5.75 Å². The number of rotatable bonds is 9. The number of unbranched alkanes of at least 4 members (excludes halogenated alkanes) is 1. The number of methoxy groups -OCH3 is 1. The van der Waals surface area contributed by atoms with Gasteiger partial charge in [-0.3, -0.25) is 9.59 Å². The van der Waals surface area contributed by atoms with E-state index in [4.69, 9.17) is 4.74 Å². The average Bonchev–Trinajstić information content (AvgIpc) is 3.19. The molecule has 0 saturated carbocycles. The summed E-state index contributed by atoms with van der Waals surface area (Å²) < 4.78 is 31.8. The normalized spacial score (nSPS) is 16.4. The molecule has 1 N–H and O–H groups in total. The number of hydrogen-bond donors (Lipinski definition) is 1. The number of sulfonamides is 1. The predicted molar refractivity (Wildman–Crippen MR) is 123 cm³/mol. The van der Waals surface area contributed by atoms with Crippen LogP contribution >= 0.6 is 0 Å². The molecule has 0 aliphatic carbocycles. The van der Waals surface area contributed by atoms with Gasteiger partial charge < -0.3 is 15.0 Å². The molecule has 0 radical (unpaired) electrons. The summed E-state index contributed by atoms with van der Waals surface area (Å²) in [5, 5.41) is 2.79. The molecule has 1 heterocycles. The van der Waals surface area contributed by atoms with Crippen molar-refractivity contribution in [1.82, 2.24) is 4.31 Å². The standard InChI is InChI=1S/C23H29N3O5S/c1-4-5-13-25(2)32(29,30)21-11-9-18(10-12-21)24-23(28)17-14-22(27)26(16-17)19-7-6-8-20(15-19)31-3/h6-12,15,17H,4-5,13-14,16H2,1-3H3,(H,24,28). The maximum Gasteiger partial charge on any atom is 0.242 e. The van der Waals surface area contributed by atoms with Crippen LogP contribution in [0.3, 0.4) is 0 Å². The number of benzene rings is 2. The number of ether oxygens (including phenoxy) is 1. The Balaban J connectivity index is 1.64. The Morgan fingerprint density at radius 2 is 1.94 bits per heavy atom. The second-order valence-electron chi connectivity index (χ2n) is 7.80. The number of hydrogen-bond acceptors (Lipinski definition) is 5. The minimum absolute atomic E-state index is 0.109. The highest BCUT2D eigenvalue weighted by Crippen LogP contribution is 2.28. The molecule has 0 aromatic heterocycles. The van der Waals surface area contributed by atoms with Gasteiger partial charge in [-0.1, -0.05) is 19.4 Å². The van der Waals surface area contributed by atoms with E-state index in [9.17, 15) is 18.0 Å². The van der Waals surface area contributed by atoms with Crippen LogP contribution < -0.4 is 15.0 Å². The lowest BCUT2D eigenvalue weighted by Crippen LogP contribution is -2.28. The summed E-state index contributed by atoms with van der Waals surface area (Å²) in [6.45, 7) is 2.73. The molecule has 1 aliphatic heterocycles. The van der Waals surface area contributed by atoms with Gasteiger partial charge in [0.25, 0.3) is 0 Å². The number of nitrogens with zero attached hydrogens (tertiary/aromatic N) is 2. The number of carbonyl (C=O) groups is 2. The van der Waals surface area contributed by atoms with Crippen LogP contribution in [0.1, 0.15) is 26.2 Å². The average molecular weight is 460 g/mol. The second kappa shape index (κ2) is 10.1. The van der Waals surface area contributed by atoms with Gasteiger partial charge in [-0.2, -0.15) is 0 Å². The lowest BCUT2D eigenvalue weighted by Gasteiger charge is -2.18. The molecule has 1 fully saturated rings. The third-order valence-electron chi connectivity index (χ3n) is 5.52. The van der Waals surface area contributed by atoms with Gasteiger partial charge >= 0.3 is 0 Å². The van der Waals surface area contributed by atoms with Gasteiger partial charge in [0.15, 0.2) is 0 Å². The van der Waals surface area contributed by atoms with Gasteiger partial charge in [0.05, 0.1) is 17.9 Å². The Kier molecular flexibility index (Phi) is 7.52. The lowest BCUT2D eigenvalue weighted by atomic mass is 10.1. The number of carbonyl (C=O) groups excluding carboxylic acids is 2. The zero-order chi connectivity index (χ0) is 23.3. The van der Waals surface area contributed by atoms with Gasteiger partial charge in [0, 0.05) is 44.0 Å². The molecule has 0 bridgehead atoms. The van der Waals surface area contributed by atoms with E-state index in [1.54, 1.807) is 55.5 Å². The fraction of sp³-hybridized carbons (Fsp3) is 0.391.